The van der Waals surface area contributed by atoms with Crippen LogP contribution in [0, 0.1) is 12.7 Å². The van der Waals surface area contributed by atoms with Crippen LogP contribution in [0.1, 0.15) is 5.56 Å². The fourth-order valence-corrected chi connectivity index (χ4v) is 4.64. The Balaban J connectivity index is 1.62. The highest BCUT2D eigenvalue weighted by molar-refractivity contribution is 6.11. The molecule has 0 atom stereocenters. The van der Waals surface area contributed by atoms with Gasteiger partial charge >= 0.3 is 0 Å². The van der Waals surface area contributed by atoms with Gasteiger partial charge in [-0.05, 0) is 47.0 Å². The van der Waals surface area contributed by atoms with E-state index in [1.165, 1.54) is 6.07 Å². The molecule has 32 heavy (non-hydrogen) atoms. The Bertz CT molecular complexity index is 1660. The molecule has 2 aromatic heterocycles. The summed E-state index contributed by atoms with van der Waals surface area (Å²) in [5, 5.41) is 4.15. The summed E-state index contributed by atoms with van der Waals surface area (Å²) in [4.78, 5) is 0. The molecule has 0 fully saturated rings. The molecular formula is C29H21FNO+. The van der Waals surface area contributed by atoms with Crippen molar-refractivity contribution >= 4 is 32.7 Å². The zero-order valence-electron chi connectivity index (χ0n) is 17.9. The van der Waals surface area contributed by atoms with Crippen molar-refractivity contribution in [3.63, 3.8) is 0 Å². The topological polar surface area (TPSA) is 17.0 Å². The third kappa shape index (κ3) is 2.82. The molecule has 0 unspecified atom stereocenters. The summed E-state index contributed by atoms with van der Waals surface area (Å²) in [6, 6.07) is 27.9. The Labute approximate surface area is 185 Å². The van der Waals surface area contributed by atoms with Gasteiger partial charge in [-0.25, -0.2) is 8.96 Å². The molecule has 0 spiro atoms. The van der Waals surface area contributed by atoms with Crippen molar-refractivity contribution in [2.24, 2.45) is 7.05 Å². The zero-order valence-corrected chi connectivity index (χ0v) is 17.9. The van der Waals surface area contributed by atoms with E-state index in [4.69, 9.17) is 4.42 Å². The molecule has 3 heteroatoms. The molecule has 6 rings (SSSR count). The number of nitrogens with zero attached hydrogens (tertiary/aromatic N) is 1. The number of pyridine rings is 1. The fraction of sp³-hybridized carbons (Fsp3) is 0.0690. The highest BCUT2D eigenvalue weighted by atomic mass is 19.1. The highest BCUT2D eigenvalue weighted by Crippen LogP contribution is 2.39. The van der Waals surface area contributed by atoms with Gasteiger partial charge in [-0.1, -0.05) is 48.5 Å². The lowest BCUT2D eigenvalue weighted by molar-refractivity contribution is -0.660. The van der Waals surface area contributed by atoms with Gasteiger partial charge in [0.2, 0.25) is 5.69 Å². The molecule has 0 aliphatic carbocycles. The summed E-state index contributed by atoms with van der Waals surface area (Å²) >= 11 is 0. The monoisotopic (exact) mass is 418 g/mol. The van der Waals surface area contributed by atoms with Crippen molar-refractivity contribution < 1.29 is 13.4 Å². The minimum atomic E-state index is -0.282. The van der Waals surface area contributed by atoms with Crippen LogP contribution < -0.4 is 4.57 Å². The summed E-state index contributed by atoms with van der Waals surface area (Å²) in [6.45, 7) is 2.08. The van der Waals surface area contributed by atoms with Gasteiger partial charge in [0.25, 0.3) is 0 Å². The third-order valence-electron chi connectivity index (χ3n) is 6.31. The minimum Gasteiger partial charge on any atom is -0.455 e. The van der Waals surface area contributed by atoms with Crippen molar-refractivity contribution in [3.8, 4) is 22.4 Å². The van der Waals surface area contributed by atoms with Gasteiger partial charge < -0.3 is 4.42 Å². The van der Waals surface area contributed by atoms with E-state index in [-0.39, 0.29) is 5.82 Å². The molecular weight excluding hydrogens is 397 g/mol. The van der Waals surface area contributed by atoms with E-state index in [9.17, 15) is 0 Å². The molecule has 0 aliphatic heterocycles. The molecule has 0 saturated heterocycles. The molecule has 0 amide bonds. The summed E-state index contributed by atoms with van der Waals surface area (Å²) < 4.78 is 23.6. The summed E-state index contributed by atoms with van der Waals surface area (Å²) in [7, 11) is 2.02. The second-order valence-corrected chi connectivity index (χ2v) is 8.32. The molecule has 4 aromatic carbocycles. The Morgan fingerprint density at radius 2 is 1.59 bits per heavy atom. The molecule has 0 bridgehead atoms. The van der Waals surface area contributed by atoms with Crippen molar-refractivity contribution in [3.05, 3.63) is 103 Å². The Hall–Kier alpha value is -3.98. The predicted octanol–water partition coefficient (Wildman–Crippen LogP) is 7.35. The number of furan rings is 1. The average Bonchev–Trinajstić information content (AvgIpc) is 3.16. The van der Waals surface area contributed by atoms with Crippen LogP contribution in [0.4, 0.5) is 4.39 Å². The van der Waals surface area contributed by atoms with Crippen LogP contribution in [-0.2, 0) is 7.05 Å². The number of aryl methyl sites for hydroxylation is 2. The first-order valence-corrected chi connectivity index (χ1v) is 10.7. The first-order valence-electron chi connectivity index (χ1n) is 10.7. The summed E-state index contributed by atoms with van der Waals surface area (Å²) in [6.07, 6.45) is 2.02. The molecule has 0 radical (unpaired) electrons. The third-order valence-corrected chi connectivity index (χ3v) is 6.31. The summed E-state index contributed by atoms with van der Waals surface area (Å²) in [5.41, 5.74) is 6.01. The Morgan fingerprint density at radius 1 is 0.781 bits per heavy atom. The van der Waals surface area contributed by atoms with Crippen LogP contribution in [0.3, 0.4) is 0 Å². The van der Waals surface area contributed by atoms with E-state index in [1.54, 1.807) is 0 Å². The quantitative estimate of drug-likeness (QED) is 0.269. The predicted molar refractivity (Wildman–Crippen MR) is 128 cm³/mol. The van der Waals surface area contributed by atoms with Gasteiger partial charge in [0.05, 0.1) is 5.56 Å². The van der Waals surface area contributed by atoms with Crippen molar-refractivity contribution in [2.75, 3.05) is 0 Å². The lowest BCUT2D eigenvalue weighted by Crippen LogP contribution is -2.30. The SMILES string of the molecule is Cc1ccc2c(oc3cc(F)c(-c4ccc5ccccc5c4)cc32)c1-c1cccc[n+]1C. The van der Waals surface area contributed by atoms with Crippen LogP contribution in [0.2, 0.25) is 0 Å². The Morgan fingerprint density at radius 3 is 2.44 bits per heavy atom. The van der Waals surface area contributed by atoms with E-state index in [0.717, 1.165) is 49.5 Å². The second-order valence-electron chi connectivity index (χ2n) is 8.32. The van der Waals surface area contributed by atoms with Gasteiger partial charge in [-0.15, -0.1) is 0 Å². The van der Waals surface area contributed by atoms with Crippen molar-refractivity contribution in [1.82, 2.24) is 0 Å². The first-order chi connectivity index (χ1) is 15.6. The van der Waals surface area contributed by atoms with Gasteiger partial charge in [-0.3, -0.25) is 0 Å². The maximum Gasteiger partial charge on any atom is 0.216 e. The number of hydrogen-bond acceptors (Lipinski definition) is 1. The summed E-state index contributed by atoms with van der Waals surface area (Å²) in [5.74, 6) is -0.282. The molecule has 154 valence electrons. The van der Waals surface area contributed by atoms with Gasteiger partial charge in [0.1, 0.15) is 24.0 Å². The average molecular weight is 418 g/mol. The van der Waals surface area contributed by atoms with E-state index in [2.05, 4.69) is 41.8 Å². The van der Waals surface area contributed by atoms with Crippen LogP contribution in [0.5, 0.6) is 0 Å². The van der Waals surface area contributed by atoms with E-state index in [1.807, 2.05) is 61.8 Å². The van der Waals surface area contributed by atoms with Gasteiger partial charge in [-0.2, -0.15) is 0 Å². The number of hydrogen-bond donors (Lipinski definition) is 0. The second kappa shape index (κ2) is 7.03. The molecule has 2 nitrogen and oxygen atoms in total. The van der Waals surface area contributed by atoms with Gasteiger partial charge in [0, 0.05) is 34.5 Å². The maximum absolute atomic E-state index is 15.2. The van der Waals surface area contributed by atoms with Crippen LogP contribution in [0.25, 0.3) is 55.1 Å². The minimum absolute atomic E-state index is 0.282. The Kier molecular flexibility index (Phi) is 4.12. The van der Waals surface area contributed by atoms with Crippen molar-refractivity contribution in [2.45, 2.75) is 6.92 Å². The number of rotatable bonds is 2. The molecule has 0 N–H and O–H groups in total. The maximum atomic E-state index is 15.2. The standard InChI is InChI=1S/C29H21FNO/c1-18-10-13-22-24-16-23(21-12-11-19-7-3-4-8-20(19)15-21)25(30)17-27(24)32-29(22)28(18)26-9-5-6-14-31(26)2/h3-17H,1-2H3/q+1. The van der Waals surface area contributed by atoms with Gasteiger partial charge in [0.15, 0.2) is 6.20 Å². The molecule has 2 heterocycles. The molecule has 0 saturated carbocycles. The van der Waals surface area contributed by atoms with Crippen LogP contribution >= 0.6 is 0 Å². The molecule has 6 aromatic rings. The largest absolute Gasteiger partial charge is 0.455 e. The lowest BCUT2D eigenvalue weighted by atomic mass is 9.97. The van der Waals surface area contributed by atoms with Crippen molar-refractivity contribution in [1.29, 1.82) is 0 Å². The normalized spacial score (nSPS) is 11.6. The van der Waals surface area contributed by atoms with Crippen LogP contribution in [0.15, 0.2) is 95.5 Å². The lowest BCUT2D eigenvalue weighted by Gasteiger charge is -2.06. The van der Waals surface area contributed by atoms with E-state index < -0.39 is 0 Å². The fourth-order valence-electron chi connectivity index (χ4n) is 4.64. The number of benzene rings is 4. The zero-order chi connectivity index (χ0) is 21.8. The van der Waals surface area contributed by atoms with Crippen LogP contribution in [-0.4, -0.2) is 0 Å². The first kappa shape index (κ1) is 18.8. The number of aromatic nitrogens is 1. The number of halogens is 1. The van der Waals surface area contributed by atoms with E-state index in [0.29, 0.717) is 11.1 Å². The highest BCUT2D eigenvalue weighted by Gasteiger charge is 2.21. The smallest absolute Gasteiger partial charge is 0.216 e. The van der Waals surface area contributed by atoms with E-state index >= 15 is 4.39 Å². The molecule has 0 aliphatic rings. The number of fused-ring (bicyclic) bond motifs is 4.